The van der Waals surface area contributed by atoms with Crippen molar-refractivity contribution in [2.75, 3.05) is 13.2 Å². The number of amides is 2. The van der Waals surface area contributed by atoms with Gasteiger partial charge in [-0.15, -0.1) is 6.42 Å². The standard InChI is InChI=1S/C22H17BrClNO4S/c1-3-9-25-21(26)20(30-22(25)27)11-15-10-18(28-4-2)19(12-16(15)23)29-13-14-7-5-6-8-17(14)24/h1,5-8,10-12H,4,9,13H2,2H3/b20-11+. The van der Waals surface area contributed by atoms with Gasteiger partial charge in [0.05, 0.1) is 18.1 Å². The van der Waals surface area contributed by atoms with E-state index in [0.717, 1.165) is 22.2 Å². The van der Waals surface area contributed by atoms with Crippen molar-refractivity contribution in [1.29, 1.82) is 0 Å². The summed E-state index contributed by atoms with van der Waals surface area (Å²) in [7, 11) is 0. The highest BCUT2D eigenvalue weighted by Crippen LogP contribution is 2.38. The Labute approximate surface area is 192 Å². The number of terminal acetylenes is 1. The van der Waals surface area contributed by atoms with E-state index < -0.39 is 5.91 Å². The fourth-order valence-corrected chi connectivity index (χ4v) is 4.14. The fraction of sp³-hybridized carbons (Fsp3) is 0.182. The first-order valence-electron chi connectivity index (χ1n) is 8.96. The molecule has 8 heteroatoms. The zero-order valence-electron chi connectivity index (χ0n) is 16.0. The van der Waals surface area contributed by atoms with E-state index in [0.29, 0.717) is 38.1 Å². The lowest BCUT2D eigenvalue weighted by molar-refractivity contribution is -0.122. The number of hydrogen-bond donors (Lipinski definition) is 0. The molecule has 0 N–H and O–H groups in total. The topological polar surface area (TPSA) is 55.8 Å². The number of imide groups is 1. The van der Waals surface area contributed by atoms with Gasteiger partial charge in [-0.1, -0.05) is 51.7 Å². The number of benzene rings is 2. The molecule has 0 spiro atoms. The minimum Gasteiger partial charge on any atom is -0.490 e. The van der Waals surface area contributed by atoms with Gasteiger partial charge in [0.25, 0.3) is 11.1 Å². The van der Waals surface area contributed by atoms with Crippen molar-refractivity contribution in [1.82, 2.24) is 4.90 Å². The number of ether oxygens (including phenoxy) is 2. The van der Waals surface area contributed by atoms with Crippen molar-refractivity contribution in [2.24, 2.45) is 0 Å². The summed E-state index contributed by atoms with van der Waals surface area (Å²) in [4.78, 5) is 25.8. The second-order valence-corrected chi connectivity index (χ2v) is 8.36. The Morgan fingerprint density at radius 3 is 2.67 bits per heavy atom. The summed E-state index contributed by atoms with van der Waals surface area (Å²) in [6.07, 6.45) is 6.86. The first kappa shape index (κ1) is 22.3. The van der Waals surface area contributed by atoms with Gasteiger partial charge in [0.1, 0.15) is 6.61 Å². The van der Waals surface area contributed by atoms with Gasteiger partial charge in [-0.3, -0.25) is 14.5 Å². The molecule has 1 heterocycles. The highest BCUT2D eigenvalue weighted by molar-refractivity contribution is 9.10. The first-order chi connectivity index (χ1) is 14.4. The van der Waals surface area contributed by atoms with Crippen molar-refractivity contribution < 1.29 is 19.1 Å². The lowest BCUT2D eigenvalue weighted by Crippen LogP contribution is -2.28. The van der Waals surface area contributed by atoms with E-state index >= 15 is 0 Å². The van der Waals surface area contributed by atoms with E-state index in [9.17, 15) is 9.59 Å². The zero-order chi connectivity index (χ0) is 21.7. The van der Waals surface area contributed by atoms with Gasteiger partial charge >= 0.3 is 0 Å². The van der Waals surface area contributed by atoms with Crippen LogP contribution in [0.4, 0.5) is 4.79 Å². The number of halogens is 2. The van der Waals surface area contributed by atoms with Gasteiger partial charge in [0.2, 0.25) is 0 Å². The Morgan fingerprint density at radius 2 is 1.97 bits per heavy atom. The van der Waals surface area contributed by atoms with Crippen LogP contribution in [0.3, 0.4) is 0 Å². The quantitative estimate of drug-likeness (QED) is 0.353. The van der Waals surface area contributed by atoms with Crippen molar-refractivity contribution >= 4 is 56.5 Å². The second kappa shape index (κ2) is 10.1. The van der Waals surface area contributed by atoms with E-state index in [1.54, 1.807) is 24.3 Å². The third-order valence-electron chi connectivity index (χ3n) is 4.11. The predicted octanol–water partition coefficient (Wildman–Crippen LogP) is 5.75. The molecule has 0 atom stereocenters. The van der Waals surface area contributed by atoms with Gasteiger partial charge in [0.15, 0.2) is 11.5 Å². The van der Waals surface area contributed by atoms with Crippen LogP contribution in [0.1, 0.15) is 18.1 Å². The second-order valence-electron chi connectivity index (χ2n) is 6.11. The Bertz CT molecular complexity index is 1060. The first-order valence-corrected chi connectivity index (χ1v) is 10.9. The van der Waals surface area contributed by atoms with Crippen molar-refractivity contribution in [3.05, 3.63) is 61.9 Å². The summed E-state index contributed by atoms with van der Waals surface area (Å²) in [6, 6.07) is 11.0. The summed E-state index contributed by atoms with van der Waals surface area (Å²) < 4.78 is 12.3. The minimum absolute atomic E-state index is 0.0534. The van der Waals surface area contributed by atoms with Crippen LogP contribution >= 0.6 is 39.3 Å². The normalized spacial score (nSPS) is 14.9. The smallest absolute Gasteiger partial charge is 0.294 e. The molecule has 0 saturated carbocycles. The molecule has 1 aliphatic heterocycles. The Morgan fingerprint density at radius 1 is 1.23 bits per heavy atom. The lowest BCUT2D eigenvalue weighted by atomic mass is 10.1. The maximum Gasteiger partial charge on any atom is 0.294 e. The van der Waals surface area contributed by atoms with Crippen LogP contribution in [-0.2, 0) is 11.4 Å². The van der Waals surface area contributed by atoms with E-state index in [-0.39, 0.29) is 18.4 Å². The SMILES string of the molecule is C#CCN1C(=O)S/C(=C/c2cc(OCC)c(OCc3ccccc3Cl)cc2Br)C1=O. The highest BCUT2D eigenvalue weighted by atomic mass is 79.9. The van der Waals surface area contributed by atoms with Gasteiger partial charge in [-0.2, -0.15) is 0 Å². The number of hydrogen-bond acceptors (Lipinski definition) is 5. The number of thioether (sulfide) groups is 1. The maximum absolute atomic E-state index is 12.4. The monoisotopic (exact) mass is 505 g/mol. The van der Waals surface area contributed by atoms with Crippen molar-refractivity contribution in [3.8, 4) is 23.8 Å². The zero-order valence-corrected chi connectivity index (χ0v) is 19.1. The highest BCUT2D eigenvalue weighted by Gasteiger charge is 2.34. The molecule has 1 saturated heterocycles. The molecule has 0 radical (unpaired) electrons. The van der Waals surface area contributed by atoms with Gasteiger partial charge < -0.3 is 9.47 Å². The van der Waals surface area contributed by atoms with Crippen LogP contribution < -0.4 is 9.47 Å². The molecule has 3 rings (SSSR count). The Hall–Kier alpha value is -2.40. The number of carbonyl (C=O) groups excluding carboxylic acids is 2. The summed E-state index contributed by atoms with van der Waals surface area (Å²) in [5.74, 6) is 2.95. The van der Waals surface area contributed by atoms with Crippen LogP contribution in [0, 0.1) is 12.3 Å². The van der Waals surface area contributed by atoms with Gasteiger partial charge in [-0.25, -0.2) is 0 Å². The number of nitrogens with zero attached hydrogens (tertiary/aromatic N) is 1. The molecule has 2 amide bonds. The molecule has 2 aromatic carbocycles. The molecule has 154 valence electrons. The van der Waals surface area contributed by atoms with Crippen LogP contribution in [-0.4, -0.2) is 29.2 Å². The summed E-state index contributed by atoms with van der Waals surface area (Å²) in [5, 5.41) is 0.235. The average molecular weight is 507 g/mol. The molecule has 5 nitrogen and oxygen atoms in total. The average Bonchev–Trinajstić information content (AvgIpc) is 2.98. The van der Waals surface area contributed by atoms with E-state index in [2.05, 4.69) is 21.9 Å². The minimum atomic E-state index is -0.410. The van der Waals surface area contributed by atoms with Gasteiger partial charge in [0, 0.05) is 15.1 Å². The molecule has 0 bridgehead atoms. The largest absolute Gasteiger partial charge is 0.490 e. The number of carbonyl (C=O) groups is 2. The molecule has 2 aromatic rings. The molecular formula is C22H17BrClNO4S. The predicted molar refractivity (Wildman–Crippen MR) is 123 cm³/mol. The molecule has 0 unspecified atom stereocenters. The Kier molecular flexibility index (Phi) is 7.48. The van der Waals surface area contributed by atoms with E-state index in [1.807, 2.05) is 25.1 Å². The summed E-state index contributed by atoms with van der Waals surface area (Å²) in [5.41, 5.74) is 1.53. The third kappa shape index (κ3) is 5.01. The van der Waals surface area contributed by atoms with Crippen LogP contribution in [0.15, 0.2) is 45.8 Å². The Balaban J connectivity index is 1.88. The van der Waals surface area contributed by atoms with E-state index in [1.165, 1.54) is 0 Å². The fourth-order valence-electron chi connectivity index (χ4n) is 2.68. The number of rotatable bonds is 7. The molecule has 1 fully saturated rings. The summed E-state index contributed by atoms with van der Waals surface area (Å²) >= 11 is 10.6. The lowest BCUT2D eigenvalue weighted by Gasteiger charge is -2.15. The van der Waals surface area contributed by atoms with E-state index in [4.69, 9.17) is 27.5 Å². The van der Waals surface area contributed by atoms with Crippen molar-refractivity contribution in [3.63, 3.8) is 0 Å². The van der Waals surface area contributed by atoms with Crippen LogP contribution in [0.25, 0.3) is 6.08 Å². The third-order valence-corrected chi connectivity index (χ3v) is 6.08. The molecule has 1 aliphatic rings. The molecule has 30 heavy (non-hydrogen) atoms. The van der Waals surface area contributed by atoms with Gasteiger partial charge in [-0.05, 0) is 48.5 Å². The maximum atomic E-state index is 12.4. The van der Waals surface area contributed by atoms with Crippen molar-refractivity contribution in [2.45, 2.75) is 13.5 Å². The summed E-state index contributed by atoms with van der Waals surface area (Å²) in [6.45, 7) is 2.52. The molecular weight excluding hydrogens is 490 g/mol. The van der Waals surface area contributed by atoms with Crippen LogP contribution in [0.2, 0.25) is 5.02 Å². The van der Waals surface area contributed by atoms with Crippen LogP contribution in [0.5, 0.6) is 11.5 Å². The molecule has 0 aromatic heterocycles. The molecule has 0 aliphatic carbocycles.